The van der Waals surface area contributed by atoms with Crippen LogP contribution in [-0.2, 0) is 9.59 Å². The maximum absolute atomic E-state index is 11.5. The van der Waals surface area contributed by atoms with Crippen molar-refractivity contribution in [3.8, 4) is 0 Å². The number of rotatable bonds is 4. The van der Waals surface area contributed by atoms with Crippen LogP contribution in [-0.4, -0.2) is 11.8 Å². The second-order valence-electron chi connectivity index (χ2n) is 3.24. The number of amides is 2. The average Bonchev–Trinajstić information content (AvgIpc) is 2.35. The molecule has 6 N–H and O–H groups in total. The average molecular weight is 222 g/mol. The van der Waals surface area contributed by atoms with Crippen LogP contribution in [0.15, 0.2) is 30.3 Å². The summed E-state index contributed by atoms with van der Waals surface area (Å²) in [7, 11) is 0. The van der Waals surface area contributed by atoms with E-state index in [0.717, 1.165) is 0 Å². The Morgan fingerprint density at radius 2 is 1.75 bits per heavy atom. The van der Waals surface area contributed by atoms with Crippen LogP contribution in [0.5, 0.6) is 0 Å². The largest absolute Gasteiger partial charge is 0.294 e. The van der Waals surface area contributed by atoms with Gasteiger partial charge in [0, 0.05) is 6.42 Å². The number of hydrazine groups is 2. The van der Waals surface area contributed by atoms with E-state index in [9.17, 15) is 9.59 Å². The Morgan fingerprint density at radius 1 is 1.12 bits per heavy atom. The quantitative estimate of drug-likeness (QED) is 0.302. The Kier molecular flexibility index (Phi) is 4.43. The number of hydrogen-bond donors (Lipinski definition) is 4. The van der Waals surface area contributed by atoms with Gasteiger partial charge in [-0.2, -0.15) is 0 Å². The van der Waals surface area contributed by atoms with Gasteiger partial charge in [0.1, 0.15) is 0 Å². The predicted molar refractivity (Wildman–Crippen MR) is 58.5 cm³/mol. The Bertz CT molecular complexity index is 366. The predicted octanol–water partition coefficient (Wildman–Crippen LogP) is -0.860. The Morgan fingerprint density at radius 3 is 2.25 bits per heavy atom. The standard InChI is InChI=1S/C10H14N4O2/c11-13-9(15)6-8(10(16)14-12)7-4-2-1-3-5-7/h1-5,8H,6,11-12H2,(H,13,15)(H,14,16)/t8-/m0/s1. The molecule has 0 aliphatic rings. The van der Waals surface area contributed by atoms with E-state index in [2.05, 4.69) is 0 Å². The molecule has 86 valence electrons. The van der Waals surface area contributed by atoms with E-state index in [0.29, 0.717) is 5.56 Å². The first-order valence-electron chi connectivity index (χ1n) is 4.74. The summed E-state index contributed by atoms with van der Waals surface area (Å²) >= 11 is 0. The van der Waals surface area contributed by atoms with Crippen LogP contribution in [0.1, 0.15) is 17.9 Å². The minimum absolute atomic E-state index is 0.0381. The van der Waals surface area contributed by atoms with Crippen molar-refractivity contribution in [1.82, 2.24) is 10.9 Å². The molecule has 6 nitrogen and oxygen atoms in total. The van der Waals surface area contributed by atoms with E-state index in [1.165, 1.54) is 0 Å². The molecule has 0 heterocycles. The first kappa shape index (κ1) is 12.2. The smallest absolute Gasteiger partial charge is 0.241 e. The molecule has 0 aliphatic carbocycles. The summed E-state index contributed by atoms with van der Waals surface area (Å²) in [6.45, 7) is 0. The SMILES string of the molecule is NNC(=O)C[C@H](C(=O)NN)c1ccccc1. The van der Waals surface area contributed by atoms with Gasteiger partial charge < -0.3 is 0 Å². The van der Waals surface area contributed by atoms with Crippen molar-refractivity contribution in [2.24, 2.45) is 11.7 Å². The van der Waals surface area contributed by atoms with Crippen molar-refractivity contribution in [2.45, 2.75) is 12.3 Å². The van der Waals surface area contributed by atoms with Gasteiger partial charge in [0.05, 0.1) is 5.92 Å². The molecule has 0 saturated heterocycles. The van der Waals surface area contributed by atoms with Crippen LogP contribution in [0.25, 0.3) is 0 Å². The molecular formula is C10H14N4O2. The normalized spacial score (nSPS) is 11.6. The van der Waals surface area contributed by atoms with E-state index < -0.39 is 17.7 Å². The molecule has 16 heavy (non-hydrogen) atoms. The number of nitrogens with one attached hydrogen (secondary N) is 2. The number of carbonyl (C=O) groups is 2. The molecule has 0 saturated carbocycles. The van der Waals surface area contributed by atoms with Crippen molar-refractivity contribution >= 4 is 11.8 Å². The molecule has 0 fully saturated rings. The Balaban J connectivity index is 2.88. The molecule has 2 amide bonds. The maximum Gasteiger partial charge on any atom is 0.241 e. The van der Waals surface area contributed by atoms with Crippen molar-refractivity contribution < 1.29 is 9.59 Å². The highest BCUT2D eigenvalue weighted by Crippen LogP contribution is 2.19. The van der Waals surface area contributed by atoms with E-state index >= 15 is 0 Å². The minimum Gasteiger partial charge on any atom is -0.294 e. The van der Waals surface area contributed by atoms with Crippen LogP contribution in [0, 0.1) is 0 Å². The summed E-state index contributed by atoms with van der Waals surface area (Å²) in [5.41, 5.74) is 4.73. The molecule has 0 aliphatic heterocycles. The number of benzene rings is 1. The van der Waals surface area contributed by atoms with Crippen LogP contribution in [0.4, 0.5) is 0 Å². The van der Waals surface area contributed by atoms with Gasteiger partial charge in [-0.25, -0.2) is 11.7 Å². The monoisotopic (exact) mass is 222 g/mol. The highest BCUT2D eigenvalue weighted by atomic mass is 16.2. The van der Waals surface area contributed by atoms with Crippen LogP contribution in [0.3, 0.4) is 0 Å². The van der Waals surface area contributed by atoms with Crippen molar-refractivity contribution in [2.75, 3.05) is 0 Å². The van der Waals surface area contributed by atoms with Crippen molar-refractivity contribution in [3.63, 3.8) is 0 Å². The minimum atomic E-state index is -0.630. The number of nitrogens with two attached hydrogens (primary N) is 2. The molecule has 1 aromatic carbocycles. The van der Waals surface area contributed by atoms with Crippen molar-refractivity contribution in [3.05, 3.63) is 35.9 Å². The first-order valence-corrected chi connectivity index (χ1v) is 4.74. The zero-order valence-electron chi connectivity index (χ0n) is 8.64. The van der Waals surface area contributed by atoms with E-state index in [1.54, 1.807) is 24.3 Å². The molecule has 0 unspecified atom stereocenters. The lowest BCUT2D eigenvalue weighted by atomic mass is 9.95. The van der Waals surface area contributed by atoms with Gasteiger partial charge in [-0.05, 0) is 5.56 Å². The molecular weight excluding hydrogens is 208 g/mol. The summed E-state index contributed by atoms with van der Waals surface area (Å²) in [5, 5.41) is 0. The Hall–Kier alpha value is -1.92. The summed E-state index contributed by atoms with van der Waals surface area (Å²) in [6.07, 6.45) is -0.0381. The molecule has 1 aromatic rings. The lowest BCUT2D eigenvalue weighted by molar-refractivity contribution is -0.127. The highest BCUT2D eigenvalue weighted by Gasteiger charge is 2.22. The molecule has 0 radical (unpaired) electrons. The lowest BCUT2D eigenvalue weighted by Gasteiger charge is -2.14. The molecule has 0 spiro atoms. The fraction of sp³-hybridized carbons (Fsp3) is 0.200. The van der Waals surface area contributed by atoms with E-state index in [4.69, 9.17) is 11.7 Å². The van der Waals surface area contributed by atoms with Crippen LogP contribution < -0.4 is 22.5 Å². The van der Waals surface area contributed by atoms with Gasteiger partial charge >= 0.3 is 0 Å². The molecule has 1 atom stereocenters. The van der Waals surface area contributed by atoms with Crippen LogP contribution >= 0.6 is 0 Å². The second-order valence-corrected chi connectivity index (χ2v) is 3.24. The fourth-order valence-corrected chi connectivity index (χ4v) is 1.39. The zero-order valence-corrected chi connectivity index (χ0v) is 8.64. The van der Waals surface area contributed by atoms with Gasteiger partial charge in [0.15, 0.2) is 0 Å². The topological polar surface area (TPSA) is 110 Å². The number of hydrogen-bond acceptors (Lipinski definition) is 4. The van der Waals surface area contributed by atoms with E-state index in [-0.39, 0.29) is 6.42 Å². The summed E-state index contributed by atoms with van der Waals surface area (Å²) in [5.74, 6) is 8.57. The lowest BCUT2D eigenvalue weighted by Crippen LogP contribution is -2.38. The third kappa shape index (κ3) is 3.04. The molecule has 1 rings (SSSR count). The van der Waals surface area contributed by atoms with E-state index in [1.807, 2.05) is 16.9 Å². The zero-order chi connectivity index (χ0) is 12.0. The second kappa shape index (κ2) is 5.84. The van der Waals surface area contributed by atoms with Crippen LogP contribution in [0.2, 0.25) is 0 Å². The van der Waals surface area contributed by atoms with Gasteiger partial charge in [0.2, 0.25) is 11.8 Å². The maximum atomic E-state index is 11.5. The number of carbonyl (C=O) groups excluding carboxylic acids is 2. The summed E-state index contributed by atoms with van der Waals surface area (Å²) < 4.78 is 0. The summed E-state index contributed by atoms with van der Waals surface area (Å²) in [4.78, 5) is 22.7. The van der Waals surface area contributed by atoms with Gasteiger partial charge in [-0.1, -0.05) is 30.3 Å². The first-order chi connectivity index (χ1) is 7.69. The van der Waals surface area contributed by atoms with Gasteiger partial charge in [-0.15, -0.1) is 0 Å². The van der Waals surface area contributed by atoms with Crippen molar-refractivity contribution in [1.29, 1.82) is 0 Å². The summed E-state index contributed by atoms with van der Waals surface area (Å²) in [6, 6.07) is 8.90. The fourth-order valence-electron chi connectivity index (χ4n) is 1.39. The molecule has 0 aromatic heterocycles. The van der Waals surface area contributed by atoms with Gasteiger partial charge in [0.25, 0.3) is 0 Å². The molecule has 6 heteroatoms. The molecule has 0 bridgehead atoms. The third-order valence-corrected chi connectivity index (χ3v) is 2.21. The third-order valence-electron chi connectivity index (χ3n) is 2.21. The van der Waals surface area contributed by atoms with Gasteiger partial charge in [-0.3, -0.25) is 20.4 Å². The highest BCUT2D eigenvalue weighted by molar-refractivity contribution is 5.89. The Labute approximate surface area is 92.9 Å².